The van der Waals surface area contributed by atoms with Crippen LogP contribution in [0.2, 0.25) is 0 Å². The molecular weight excluding hydrogens is 415 g/mol. The van der Waals surface area contributed by atoms with Gasteiger partial charge in [-0.1, -0.05) is 18.2 Å². The van der Waals surface area contributed by atoms with Crippen molar-refractivity contribution in [1.29, 1.82) is 0 Å². The molecular formula is C20H19FN2O4S2. The summed E-state index contributed by atoms with van der Waals surface area (Å²) in [5.41, 5.74) is 1.26. The zero-order chi connectivity index (χ0) is 20.9. The van der Waals surface area contributed by atoms with Crippen molar-refractivity contribution >= 4 is 33.0 Å². The number of ether oxygens (including phenoxy) is 1. The Morgan fingerprint density at radius 2 is 1.79 bits per heavy atom. The molecule has 0 saturated heterocycles. The molecule has 3 aromatic rings. The van der Waals surface area contributed by atoms with Crippen molar-refractivity contribution < 1.29 is 22.3 Å². The molecule has 1 amide bonds. The fraction of sp³-hybridized carbons (Fsp3) is 0.150. The lowest BCUT2D eigenvalue weighted by Gasteiger charge is -2.18. The first-order chi connectivity index (χ1) is 13.9. The normalized spacial score (nSPS) is 11.1. The highest BCUT2D eigenvalue weighted by atomic mass is 32.2. The average molecular weight is 435 g/mol. The quantitative estimate of drug-likeness (QED) is 0.590. The van der Waals surface area contributed by atoms with Crippen molar-refractivity contribution in [3.8, 4) is 5.75 Å². The number of hydrogen-bond donors (Lipinski definition) is 1. The third kappa shape index (κ3) is 5.33. The predicted octanol–water partition coefficient (Wildman–Crippen LogP) is 3.41. The van der Waals surface area contributed by atoms with Crippen LogP contribution in [-0.4, -0.2) is 28.0 Å². The summed E-state index contributed by atoms with van der Waals surface area (Å²) in [6.07, 6.45) is 0. The van der Waals surface area contributed by atoms with Crippen LogP contribution in [0.1, 0.15) is 5.56 Å². The highest BCUT2D eigenvalue weighted by Crippen LogP contribution is 2.26. The van der Waals surface area contributed by atoms with E-state index in [1.165, 1.54) is 23.5 Å². The SMILES string of the molecule is CN(c1ccc(OCC(=O)NCc2ccc(F)cc2)cc1)S(=O)(=O)c1cccs1. The summed E-state index contributed by atoms with van der Waals surface area (Å²) in [5.74, 6) is -0.218. The molecule has 0 saturated carbocycles. The van der Waals surface area contributed by atoms with Gasteiger partial charge in [0.15, 0.2) is 6.61 Å². The molecule has 2 aromatic carbocycles. The van der Waals surface area contributed by atoms with E-state index >= 15 is 0 Å². The van der Waals surface area contributed by atoms with Crippen molar-refractivity contribution in [2.45, 2.75) is 10.8 Å². The molecule has 0 fully saturated rings. The number of halogens is 1. The molecule has 1 N–H and O–H groups in total. The van der Waals surface area contributed by atoms with Crippen LogP contribution in [0.4, 0.5) is 10.1 Å². The molecule has 0 bridgehead atoms. The highest BCUT2D eigenvalue weighted by Gasteiger charge is 2.22. The molecule has 0 aliphatic rings. The second kappa shape index (κ2) is 9.06. The maximum Gasteiger partial charge on any atom is 0.273 e. The van der Waals surface area contributed by atoms with Gasteiger partial charge in [0.2, 0.25) is 0 Å². The molecule has 0 spiro atoms. The van der Waals surface area contributed by atoms with Crippen LogP contribution in [0.3, 0.4) is 0 Å². The van der Waals surface area contributed by atoms with Crippen molar-refractivity contribution in [1.82, 2.24) is 5.32 Å². The smallest absolute Gasteiger partial charge is 0.273 e. The van der Waals surface area contributed by atoms with Crippen molar-refractivity contribution in [3.05, 3.63) is 77.4 Å². The summed E-state index contributed by atoms with van der Waals surface area (Å²) >= 11 is 1.15. The average Bonchev–Trinajstić information content (AvgIpc) is 3.27. The van der Waals surface area contributed by atoms with Crippen molar-refractivity contribution in [2.24, 2.45) is 0 Å². The van der Waals surface area contributed by atoms with Crippen molar-refractivity contribution in [2.75, 3.05) is 18.0 Å². The number of carbonyl (C=O) groups is 1. The number of hydrogen-bond acceptors (Lipinski definition) is 5. The van der Waals surface area contributed by atoms with Gasteiger partial charge in [0, 0.05) is 13.6 Å². The molecule has 0 aliphatic heterocycles. The van der Waals surface area contributed by atoms with Gasteiger partial charge in [-0.15, -0.1) is 11.3 Å². The molecule has 1 heterocycles. The number of anilines is 1. The number of nitrogens with one attached hydrogen (secondary N) is 1. The van der Waals surface area contributed by atoms with E-state index in [1.54, 1.807) is 53.9 Å². The molecule has 0 radical (unpaired) electrons. The first kappa shape index (κ1) is 20.8. The van der Waals surface area contributed by atoms with E-state index in [-0.39, 0.29) is 29.1 Å². The van der Waals surface area contributed by atoms with Crippen LogP contribution >= 0.6 is 11.3 Å². The topological polar surface area (TPSA) is 75.7 Å². The van der Waals surface area contributed by atoms with Crippen LogP contribution in [-0.2, 0) is 21.4 Å². The van der Waals surface area contributed by atoms with E-state index < -0.39 is 10.0 Å². The second-order valence-electron chi connectivity index (χ2n) is 6.09. The fourth-order valence-electron chi connectivity index (χ4n) is 2.44. The van der Waals surface area contributed by atoms with Crippen LogP contribution in [0, 0.1) is 5.82 Å². The van der Waals surface area contributed by atoms with E-state index in [9.17, 15) is 17.6 Å². The Morgan fingerprint density at radius 3 is 2.41 bits per heavy atom. The number of amides is 1. The van der Waals surface area contributed by atoms with Crippen LogP contribution < -0.4 is 14.4 Å². The number of thiophene rings is 1. The highest BCUT2D eigenvalue weighted by molar-refractivity contribution is 7.94. The number of rotatable bonds is 8. The first-order valence-electron chi connectivity index (χ1n) is 8.63. The molecule has 3 rings (SSSR count). The Balaban J connectivity index is 1.52. The lowest BCUT2D eigenvalue weighted by molar-refractivity contribution is -0.123. The lowest BCUT2D eigenvalue weighted by Crippen LogP contribution is -2.28. The summed E-state index contributed by atoms with van der Waals surface area (Å²) in [5, 5.41) is 4.39. The summed E-state index contributed by atoms with van der Waals surface area (Å²) in [7, 11) is -2.12. The minimum absolute atomic E-state index is 0.191. The van der Waals surface area contributed by atoms with Gasteiger partial charge in [0.1, 0.15) is 15.8 Å². The van der Waals surface area contributed by atoms with E-state index in [2.05, 4.69) is 5.32 Å². The fourth-order valence-corrected chi connectivity index (χ4v) is 4.80. The van der Waals surface area contributed by atoms with Crippen LogP contribution in [0.15, 0.2) is 70.3 Å². The summed E-state index contributed by atoms with van der Waals surface area (Å²) < 4.78 is 44.8. The number of sulfonamides is 1. The Hall–Kier alpha value is -2.91. The predicted molar refractivity (Wildman–Crippen MR) is 110 cm³/mol. The van der Waals surface area contributed by atoms with E-state index in [1.807, 2.05) is 0 Å². The molecule has 0 atom stereocenters. The molecule has 9 heteroatoms. The molecule has 1 aromatic heterocycles. The maximum atomic E-state index is 12.9. The minimum atomic E-state index is -3.60. The lowest BCUT2D eigenvalue weighted by atomic mass is 10.2. The second-order valence-corrected chi connectivity index (χ2v) is 9.23. The molecule has 29 heavy (non-hydrogen) atoms. The van der Waals surface area contributed by atoms with Crippen LogP contribution in [0.25, 0.3) is 0 Å². The Bertz CT molecular complexity index is 1050. The van der Waals surface area contributed by atoms with Gasteiger partial charge in [-0.2, -0.15) is 0 Å². The van der Waals surface area contributed by atoms with Gasteiger partial charge < -0.3 is 10.1 Å². The summed E-state index contributed by atoms with van der Waals surface area (Å²) in [6.45, 7) is 0.0800. The third-order valence-corrected chi connectivity index (χ3v) is 7.24. The van der Waals surface area contributed by atoms with Gasteiger partial charge in [-0.25, -0.2) is 12.8 Å². The molecule has 6 nitrogen and oxygen atoms in total. The molecule has 0 unspecified atom stereocenters. The van der Waals surface area contributed by atoms with Gasteiger partial charge in [-0.3, -0.25) is 9.10 Å². The standard InChI is InChI=1S/C20H19FN2O4S2/c1-23(29(25,26)20-3-2-12-28-20)17-8-10-18(11-9-17)27-14-19(24)22-13-15-4-6-16(21)7-5-15/h2-12H,13-14H2,1H3,(H,22,24). The monoisotopic (exact) mass is 434 g/mol. The Kier molecular flexibility index (Phi) is 6.50. The zero-order valence-corrected chi connectivity index (χ0v) is 17.2. The van der Waals surface area contributed by atoms with Gasteiger partial charge in [0.25, 0.3) is 15.9 Å². The van der Waals surface area contributed by atoms with Gasteiger partial charge in [-0.05, 0) is 53.4 Å². The van der Waals surface area contributed by atoms with Gasteiger partial charge >= 0.3 is 0 Å². The van der Waals surface area contributed by atoms with Gasteiger partial charge in [0.05, 0.1) is 5.69 Å². The van der Waals surface area contributed by atoms with E-state index in [4.69, 9.17) is 4.74 Å². The van der Waals surface area contributed by atoms with Crippen LogP contribution in [0.5, 0.6) is 5.75 Å². The van der Waals surface area contributed by atoms with E-state index in [0.29, 0.717) is 11.4 Å². The van der Waals surface area contributed by atoms with E-state index in [0.717, 1.165) is 16.9 Å². The van der Waals surface area contributed by atoms with Crippen molar-refractivity contribution in [3.63, 3.8) is 0 Å². The number of nitrogens with zero attached hydrogens (tertiary/aromatic N) is 1. The summed E-state index contributed by atoms with van der Waals surface area (Å²) in [6, 6.07) is 15.5. The zero-order valence-electron chi connectivity index (χ0n) is 15.5. The molecule has 0 aliphatic carbocycles. The maximum absolute atomic E-state index is 12.9. The first-order valence-corrected chi connectivity index (χ1v) is 10.9. The number of benzene rings is 2. The number of carbonyl (C=O) groups excluding carboxylic acids is 1. The largest absolute Gasteiger partial charge is 0.484 e. The third-order valence-electron chi connectivity index (χ3n) is 4.08. The Labute approximate surface area is 172 Å². The molecule has 152 valence electrons. The Morgan fingerprint density at radius 1 is 1.10 bits per heavy atom. The minimum Gasteiger partial charge on any atom is -0.484 e. The summed E-state index contributed by atoms with van der Waals surface area (Å²) in [4.78, 5) is 11.9.